The van der Waals surface area contributed by atoms with E-state index in [2.05, 4.69) is 29.4 Å². The molecule has 2 amide bonds. The molecule has 1 saturated heterocycles. The van der Waals surface area contributed by atoms with Crippen LogP contribution in [0.5, 0.6) is 0 Å². The lowest BCUT2D eigenvalue weighted by atomic mass is 10.0. The Morgan fingerprint density at radius 1 is 1.08 bits per heavy atom. The molecule has 0 atom stereocenters. The molecule has 2 aliphatic rings. The van der Waals surface area contributed by atoms with Gasteiger partial charge in [0.05, 0.1) is 0 Å². The van der Waals surface area contributed by atoms with E-state index in [1.165, 1.54) is 18.5 Å². The number of carbonyl (C=O) groups excluding carboxylic acids is 2. The Morgan fingerprint density at radius 2 is 1.72 bits per heavy atom. The summed E-state index contributed by atoms with van der Waals surface area (Å²) in [4.78, 5) is 27.3. The summed E-state index contributed by atoms with van der Waals surface area (Å²) in [5.74, 6) is 0.237. The smallest absolute Gasteiger partial charge is 0.240 e. The largest absolute Gasteiger partial charge is 0.372 e. The summed E-state index contributed by atoms with van der Waals surface area (Å²) in [7, 11) is 0. The summed E-state index contributed by atoms with van der Waals surface area (Å²) in [6.07, 6.45) is 4.69. The molecule has 1 heterocycles. The van der Waals surface area contributed by atoms with Gasteiger partial charge in [0.2, 0.25) is 11.8 Å². The minimum atomic E-state index is -0.857. The van der Waals surface area contributed by atoms with Crippen molar-refractivity contribution in [2.24, 2.45) is 11.3 Å². The van der Waals surface area contributed by atoms with Gasteiger partial charge in [0.1, 0.15) is 5.41 Å². The van der Waals surface area contributed by atoms with E-state index in [1.54, 1.807) is 0 Å². The molecule has 1 aromatic rings. The first-order chi connectivity index (χ1) is 12.0. The number of hydrogen-bond donors (Lipinski definition) is 2. The average Bonchev–Trinajstić information content (AvgIpc) is 3.23. The summed E-state index contributed by atoms with van der Waals surface area (Å²) >= 11 is 0. The molecule has 1 aromatic carbocycles. The topological polar surface area (TPSA) is 61.4 Å². The molecule has 5 heteroatoms. The molecule has 1 aliphatic carbocycles. The van der Waals surface area contributed by atoms with Gasteiger partial charge in [-0.25, -0.2) is 0 Å². The highest BCUT2D eigenvalue weighted by molar-refractivity contribution is 6.13. The van der Waals surface area contributed by atoms with Gasteiger partial charge < -0.3 is 15.5 Å². The second-order valence-electron chi connectivity index (χ2n) is 7.72. The number of nitrogens with zero attached hydrogens (tertiary/aromatic N) is 1. The molecule has 0 spiro atoms. The van der Waals surface area contributed by atoms with Crippen LogP contribution in [-0.4, -0.2) is 31.4 Å². The van der Waals surface area contributed by atoms with Crippen molar-refractivity contribution < 1.29 is 9.59 Å². The zero-order chi connectivity index (χ0) is 17.9. The molecule has 0 aromatic heterocycles. The fourth-order valence-corrected chi connectivity index (χ4v) is 3.31. The summed E-state index contributed by atoms with van der Waals surface area (Å²) in [5.41, 5.74) is 1.10. The van der Waals surface area contributed by atoms with Crippen molar-refractivity contribution >= 4 is 23.2 Å². The summed E-state index contributed by atoms with van der Waals surface area (Å²) in [6, 6.07) is 7.95. The average molecular weight is 343 g/mol. The van der Waals surface area contributed by atoms with Gasteiger partial charge in [-0.15, -0.1) is 0 Å². The third-order valence-corrected chi connectivity index (χ3v) is 5.22. The Morgan fingerprint density at radius 3 is 2.28 bits per heavy atom. The van der Waals surface area contributed by atoms with Crippen LogP contribution in [0.25, 0.3) is 0 Å². The van der Waals surface area contributed by atoms with Crippen molar-refractivity contribution in [2.45, 2.75) is 46.0 Å². The van der Waals surface area contributed by atoms with Crippen LogP contribution in [0.1, 0.15) is 46.0 Å². The zero-order valence-corrected chi connectivity index (χ0v) is 15.3. The fourth-order valence-electron chi connectivity index (χ4n) is 3.31. The predicted molar refractivity (Wildman–Crippen MR) is 101 cm³/mol. The van der Waals surface area contributed by atoms with E-state index in [-0.39, 0.29) is 11.8 Å². The number of nitrogens with one attached hydrogen (secondary N) is 2. The van der Waals surface area contributed by atoms with Crippen molar-refractivity contribution in [1.29, 1.82) is 0 Å². The molecule has 1 aliphatic heterocycles. The lowest BCUT2D eigenvalue weighted by Gasteiger charge is -2.19. The Labute approximate surface area is 150 Å². The van der Waals surface area contributed by atoms with Crippen LogP contribution in [0.15, 0.2) is 24.3 Å². The van der Waals surface area contributed by atoms with E-state index in [1.807, 2.05) is 24.3 Å². The molecule has 136 valence electrons. The monoisotopic (exact) mass is 343 g/mol. The van der Waals surface area contributed by atoms with Crippen molar-refractivity contribution in [2.75, 3.05) is 29.9 Å². The van der Waals surface area contributed by atoms with E-state index >= 15 is 0 Å². The lowest BCUT2D eigenvalue weighted by Crippen LogP contribution is -2.40. The van der Waals surface area contributed by atoms with Crippen LogP contribution in [0, 0.1) is 11.3 Å². The van der Waals surface area contributed by atoms with E-state index in [0.29, 0.717) is 25.3 Å². The SMILES string of the molecule is CC(C)CCNC(=O)C1(C(=O)Nc2ccc(N3CCCC3)cc2)CC1. The maximum Gasteiger partial charge on any atom is 0.240 e. The van der Waals surface area contributed by atoms with Gasteiger partial charge in [-0.3, -0.25) is 9.59 Å². The van der Waals surface area contributed by atoms with E-state index < -0.39 is 5.41 Å². The Bertz CT molecular complexity index is 614. The molecule has 5 nitrogen and oxygen atoms in total. The molecule has 0 unspecified atom stereocenters. The van der Waals surface area contributed by atoms with Crippen molar-refractivity contribution in [3.8, 4) is 0 Å². The van der Waals surface area contributed by atoms with Gasteiger partial charge >= 0.3 is 0 Å². The Kier molecular flexibility index (Phi) is 5.30. The van der Waals surface area contributed by atoms with Crippen LogP contribution in [0.2, 0.25) is 0 Å². The van der Waals surface area contributed by atoms with Gasteiger partial charge in [0.25, 0.3) is 0 Å². The standard InChI is InChI=1S/C20H29N3O2/c1-15(2)9-12-21-18(24)20(10-11-20)19(25)22-16-5-7-17(8-6-16)23-13-3-4-14-23/h5-8,15H,3-4,9-14H2,1-2H3,(H,21,24)(H,22,25). The molecular weight excluding hydrogens is 314 g/mol. The molecule has 2 fully saturated rings. The number of anilines is 2. The number of benzene rings is 1. The normalized spacial score (nSPS) is 18.3. The van der Waals surface area contributed by atoms with Crippen LogP contribution < -0.4 is 15.5 Å². The fraction of sp³-hybridized carbons (Fsp3) is 0.600. The van der Waals surface area contributed by atoms with Gasteiger partial charge in [-0.2, -0.15) is 0 Å². The quantitative estimate of drug-likeness (QED) is 0.748. The number of hydrogen-bond acceptors (Lipinski definition) is 3. The summed E-state index contributed by atoms with van der Waals surface area (Å²) < 4.78 is 0. The third kappa shape index (κ3) is 4.14. The molecule has 2 N–H and O–H groups in total. The van der Waals surface area contributed by atoms with Gasteiger partial charge in [0.15, 0.2) is 0 Å². The van der Waals surface area contributed by atoms with Gasteiger partial charge in [0, 0.05) is 31.0 Å². The molecule has 3 rings (SSSR count). The van der Waals surface area contributed by atoms with Gasteiger partial charge in [-0.1, -0.05) is 13.8 Å². The van der Waals surface area contributed by atoms with Gasteiger partial charge in [-0.05, 0) is 62.3 Å². The van der Waals surface area contributed by atoms with Crippen LogP contribution >= 0.6 is 0 Å². The molecular formula is C20H29N3O2. The molecule has 1 saturated carbocycles. The van der Waals surface area contributed by atoms with E-state index in [4.69, 9.17) is 0 Å². The number of rotatable bonds is 7. The minimum Gasteiger partial charge on any atom is -0.372 e. The van der Waals surface area contributed by atoms with Crippen molar-refractivity contribution in [1.82, 2.24) is 5.32 Å². The van der Waals surface area contributed by atoms with E-state index in [9.17, 15) is 9.59 Å². The van der Waals surface area contributed by atoms with Crippen molar-refractivity contribution in [3.05, 3.63) is 24.3 Å². The highest BCUT2D eigenvalue weighted by Crippen LogP contribution is 2.46. The lowest BCUT2D eigenvalue weighted by molar-refractivity contribution is -0.134. The minimum absolute atomic E-state index is 0.126. The second-order valence-corrected chi connectivity index (χ2v) is 7.72. The first-order valence-electron chi connectivity index (χ1n) is 9.46. The van der Waals surface area contributed by atoms with Crippen LogP contribution in [-0.2, 0) is 9.59 Å². The number of carbonyl (C=O) groups is 2. The second kappa shape index (κ2) is 7.46. The first-order valence-corrected chi connectivity index (χ1v) is 9.46. The zero-order valence-electron chi connectivity index (χ0n) is 15.3. The van der Waals surface area contributed by atoms with Crippen LogP contribution in [0.3, 0.4) is 0 Å². The number of amides is 2. The Hall–Kier alpha value is -2.04. The first kappa shape index (κ1) is 17.8. The van der Waals surface area contributed by atoms with E-state index in [0.717, 1.165) is 25.2 Å². The maximum atomic E-state index is 12.6. The summed E-state index contributed by atoms with van der Waals surface area (Å²) in [6.45, 7) is 7.09. The highest BCUT2D eigenvalue weighted by atomic mass is 16.2. The molecule has 0 bridgehead atoms. The Balaban J connectivity index is 1.55. The molecule has 25 heavy (non-hydrogen) atoms. The third-order valence-electron chi connectivity index (χ3n) is 5.22. The maximum absolute atomic E-state index is 12.6. The highest BCUT2D eigenvalue weighted by Gasteiger charge is 2.56. The van der Waals surface area contributed by atoms with Crippen LogP contribution in [0.4, 0.5) is 11.4 Å². The molecule has 0 radical (unpaired) electrons. The summed E-state index contributed by atoms with van der Waals surface area (Å²) in [5, 5.41) is 5.85. The predicted octanol–water partition coefficient (Wildman–Crippen LogP) is 3.17. The van der Waals surface area contributed by atoms with Crippen molar-refractivity contribution in [3.63, 3.8) is 0 Å².